The van der Waals surface area contributed by atoms with Gasteiger partial charge in [-0.1, -0.05) is 13.8 Å². The van der Waals surface area contributed by atoms with Crippen LogP contribution < -0.4 is 5.32 Å². The van der Waals surface area contributed by atoms with Crippen molar-refractivity contribution in [2.45, 2.75) is 51.6 Å². The number of rotatable bonds is 3. The average Bonchev–Trinajstić information content (AvgIpc) is 2.17. The topological polar surface area (TPSA) is 15.3 Å². The zero-order chi connectivity index (χ0) is 10.8. The zero-order valence-electron chi connectivity index (χ0n) is 10.5. The Morgan fingerprint density at radius 1 is 1.07 bits per heavy atom. The number of hydrogen-bond acceptors (Lipinski definition) is 2. The Labute approximate surface area is 94.4 Å². The maximum absolute atomic E-state index is 3.36. The molecule has 0 radical (unpaired) electrons. The molecule has 1 heterocycles. The lowest BCUT2D eigenvalue weighted by Crippen LogP contribution is -2.60. The third kappa shape index (κ3) is 2.54. The monoisotopic (exact) mass is 210 g/mol. The third-order valence-corrected chi connectivity index (χ3v) is 4.52. The van der Waals surface area contributed by atoms with Gasteiger partial charge in [0.25, 0.3) is 0 Å². The predicted molar refractivity (Wildman–Crippen MR) is 65.0 cm³/mol. The van der Waals surface area contributed by atoms with E-state index in [1.807, 2.05) is 0 Å². The molecule has 0 amide bonds. The van der Waals surface area contributed by atoms with Crippen LogP contribution in [0.1, 0.15) is 39.5 Å². The molecule has 0 bridgehead atoms. The van der Waals surface area contributed by atoms with Crippen LogP contribution in [0.2, 0.25) is 0 Å². The van der Waals surface area contributed by atoms with E-state index < -0.39 is 0 Å². The molecular formula is C13H26N2. The molecule has 0 spiro atoms. The number of likely N-dealkylation sites (tertiary alicyclic amines) is 1. The Kier molecular flexibility index (Phi) is 3.68. The molecule has 1 aliphatic heterocycles. The minimum absolute atomic E-state index is 0.771. The molecule has 0 aromatic rings. The lowest BCUT2D eigenvalue weighted by atomic mass is 9.78. The van der Waals surface area contributed by atoms with E-state index in [0.29, 0.717) is 0 Å². The minimum Gasteiger partial charge on any atom is -0.315 e. The summed E-state index contributed by atoms with van der Waals surface area (Å²) >= 11 is 0. The quantitative estimate of drug-likeness (QED) is 0.767. The molecule has 2 aliphatic rings. The van der Waals surface area contributed by atoms with Crippen LogP contribution in [0.15, 0.2) is 0 Å². The largest absolute Gasteiger partial charge is 0.315 e. The van der Waals surface area contributed by atoms with Crippen LogP contribution in [0.5, 0.6) is 0 Å². The summed E-state index contributed by atoms with van der Waals surface area (Å²) in [4.78, 5) is 2.68. The highest BCUT2D eigenvalue weighted by Crippen LogP contribution is 2.33. The van der Waals surface area contributed by atoms with Crippen molar-refractivity contribution < 1.29 is 0 Å². The fraction of sp³-hybridized carbons (Fsp3) is 1.00. The van der Waals surface area contributed by atoms with E-state index in [4.69, 9.17) is 0 Å². The van der Waals surface area contributed by atoms with Gasteiger partial charge in [-0.25, -0.2) is 0 Å². The van der Waals surface area contributed by atoms with E-state index >= 15 is 0 Å². The van der Waals surface area contributed by atoms with Gasteiger partial charge in [-0.3, -0.25) is 4.90 Å². The molecule has 0 atom stereocenters. The van der Waals surface area contributed by atoms with Crippen molar-refractivity contribution >= 4 is 0 Å². The van der Waals surface area contributed by atoms with Gasteiger partial charge in [0.05, 0.1) is 0 Å². The molecular weight excluding hydrogens is 184 g/mol. The van der Waals surface area contributed by atoms with Crippen LogP contribution in [0, 0.1) is 11.8 Å². The van der Waals surface area contributed by atoms with Crippen LogP contribution >= 0.6 is 0 Å². The highest BCUT2D eigenvalue weighted by molar-refractivity contribution is 4.91. The summed E-state index contributed by atoms with van der Waals surface area (Å²) in [5, 5.41) is 3.36. The van der Waals surface area contributed by atoms with Crippen LogP contribution in [0.3, 0.4) is 0 Å². The van der Waals surface area contributed by atoms with E-state index in [0.717, 1.165) is 23.9 Å². The van der Waals surface area contributed by atoms with Crippen molar-refractivity contribution in [3.63, 3.8) is 0 Å². The van der Waals surface area contributed by atoms with Gasteiger partial charge >= 0.3 is 0 Å². The Balaban J connectivity index is 1.70. The predicted octanol–water partition coefficient (Wildman–Crippen LogP) is 2.10. The molecule has 2 rings (SSSR count). The highest BCUT2D eigenvalue weighted by atomic mass is 15.3. The van der Waals surface area contributed by atoms with E-state index in [2.05, 4.69) is 31.1 Å². The summed E-state index contributed by atoms with van der Waals surface area (Å²) in [5.41, 5.74) is 0. The fourth-order valence-corrected chi connectivity index (χ4v) is 3.13. The molecule has 1 saturated heterocycles. The summed E-state index contributed by atoms with van der Waals surface area (Å²) in [6, 6.07) is 1.68. The standard InChI is InChI=1S/C13H26N2/c1-10(2)11-4-6-13(7-5-11)15-8-12(9-15)14-3/h10-14H,4-9H2,1-3H3. The van der Waals surface area contributed by atoms with Crippen LogP contribution in [-0.2, 0) is 0 Å². The lowest BCUT2D eigenvalue weighted by molar-refractivity contribution is 0.0454. The molecule has 1 aliphatic carbocycles. The van der Waals surface area contributed by atoms with Gasteiger partial charge in [-0.2, -0.15) is 0 Å². The molecule has 88 valence electrons. The average molecular weight is 210 g/mol. The fourth-order valence-electron chi connectivity index (χ4n) is 3.13. The van der Waals surface area contributed by atoms with Crippen LogP contribution in [0.4, 0.5) is 0 Å². The van der Waals surface area contributed by atoms with Gasteiger partial charge in [0, 0.05) is 25.2 Å². The molecule has 2 nitrogen and oxygen atoms in total. The van der Waals surface area contributed by atoms with Crippen molar-refractivity contribution in [3.8, 4) is 0 Å². The first kappa shape index (κ1) is 11.4. The van der Waals surface area contributed by atoms with Gasteiger partial charge in [0.1, 0.15) is 0 Å². The smallest absolute Gasteiger partial charge is 0.0320 e. The molecule has 0 aromatic heterocycles. The highest BCUT2D eigenvalue weighted by Gasteiger charge is 2.33. The van der Waals surface area contributed by atoms with Gasteiger partial charge in [0.2, 0.25) is 0 Å². The van der Waals surface area contributed by atoms with Gasteiger partial charge in [-0.05, 0) is 44.6 Å². The first-order valence-electron chi connectivity index (χ1n) is 6.62. The second-order valence-electron chi connectivity index (χ2n) is 5.75. The first-order chi connectivity index (χ1) is 7.20. The van der Waals surface area contributed by atoms with Crippen molar-refractivity contribution in [1.29, 1.82) is 0 Å². The first-order valence-corrected chi connectivity index (χ1v) is 6.62. The second-order valence-corrected chi connectivity index (χ2v) is 5.75. The van der Waals surface area contributed by atoms with Crippen LogP contribution in [0.25, 0.3) is 0 Å². The number of hydrogen-bond donors (Lipinski definition) is 1. The van der Waals surface area contributed by atoms with E-state index in [1.54, 1.807) is 0 Å². The summed E-state index contributed by atoms with van der Waals surface area (Å²) in [6.45, 7) is 7.33. The molecule has 2 heteroatoms. The maximum atomic E-state index is 3.36. The van der Waals surface area contributed by atoms with E-state index in [9.17, 15) is 0 Å². The number of nitrogens with one attached hydrogen (secondary N) is 1. The third-order valence-electron chi connectivity index (χ3n) is 4.52. The Hall–Kier alpha value is -0.0800. The molecule has 1 N–H and O–H groups in total. The SMILES string of the molecule is CNC1CN(C2CCC(C(C)C)CC2)C1. The van der Waals surface area contributed by atoms with Crippen molar-refractivity contribution in [2.75, 3.05) is 20.1 Å². The molecule has 0 unspecified atom stereocenters. The summed E-state index contributed by atoms with van der Waals surface area (Å²) in [6.07, 6.45) is 5.81. The molecule has 15 heavy (non-hydrogen) atoms. The van der Waals surface area contributed by atoms with Gasteiger partial charge in [-0.15, -0.1) is 0 Å². The van der Waals surface area contributed by atoms with Crippen molar-refractivity contribution in [3.05, 3.63) is 0 Å². The Morgan fingerprint density at radius 3 is 2.13 bits per heavy atom. The van der Waals surface area contributed by atoms with E-state index in [-0.39, 0.29) is 0 Å². The minimum atomic E-state index is 0.771. The lowest BCUT2D eigenvalue weighted by Gasteiger charge is -2.47. The molecule has 1 saturated carbocycles. The van der Waals surface area contributed by atoms with Gasteiger partial charge in [0.15, 0.2) is 0 Å². The zero-order valence-corrected chi connectivity index (χ0v) is 10.5. The maximum Gasteiger partial charge on any atom is 0.0320 e. The number of likely N-dealkylation sites (N-methyl/N-ethyl adjacent to an activating group) is 1. The second kappa shape index (κ2) is 4.84. The van der Waals surface area contributed by atoms with E-state index in [1.165, 1.54) is 38.8 Å². The summed E-state index contributed by atoms with van der Waals surface area (Å²) in [5.74, 6) is 1.90. The van der Waals surface area contributed by atoms with Gasteiger partial charge < -0.3 is 5.32 Å². The Bertz CT molecular complexity index is 189. The molecule has 0 aromatic carbocycles. The molecule has 2 fully saturated rings. The Morgan fingerprint density at radius 2 is 1.67 bits per heavy atom. The normalized spacial score (nSPS) is 34.4. The number of nitrogens with zero attached hydrogens (tertiary/aromatic N) is 1. The summed E-state index contributed by atoms with van der Waals surface area (Å²) < 4.78 is 0. The van der Waals surface area contributed by atoms with Crippen molar-refractivity contribution in [2.24, 2.45) is 11.8 Å². The summed E-state index contributed by atoms with van der Waals surface area (Å²) in [7, 11) is 2.08. The van der Waals surface area contributed by atoms with Crippen LogP contribution in [-0.4, -0.2) is 37.1 Å². The van der Waals surface area contributed by atoms with Crippen molar-refractivity contribution in [1.82, 2.24) is 10.2 Å².